The number of benzene rings is 1. The summed E-state index contributed by atoms with van der Waals surface area (Å²) < 4.78 is 23.8. The maximum atomic E-state index is 12.3. The second-order valence-electron chi connectivity index (χ2n) is 10.8. The first-order chi connectivity index (χ1) is 14.8. The number of ether oxygens (including phenoxy) is 2. The first kappa shape index (κ1) is 24.9. The lowest BCUT2D eigenvalue weighted by Gasteiger charge is -2.40. The highest BCUT2D eigenvalue weighted by Crippen LogP contribution is 2.36. The Hall–Kier alpha value is -1.77. The number of nitrogens with zero attached hydrogens (tertiary/aromatic N) is 2. The molecule has 2 aliphatic heterocycles. The van der Waals surface area contributed by atoms with Crippen LogP contribution in [0.2, 0.25) is 0 Å². The maximum absolute atomic E-state index is 12.3. The highest BCUT2D eigenvalue weighted by atomic mass is 16.7. The van der Waals surface area contributed by atoms with Crippen molar-refractivity contribution >= 4 is 18.7 Å². The first-order valence-electron chi connectivity index (χ1n) is 11.6. The number of rotatable bonds is 5. The third-order valence-corrected chi connectivity index (χ3v) is 6.45. The van der Waals surface area contributed by atoms with Crippen molar-refractivity contribution in [3.05, 3.63) is 24.3 Å². The number of piperazine rings is 1. The van der Waals surface area contributed by atoms with Crippen LogP contribution in [0.5, 0.6) is 5.75 Å². The molecular formula is C24H39BN2O5. The molecule has 32 heavy (non-hydrogen) atoms. The van der Waals surface area contributed by atoms with Gasteiger partial charge in [0.25, 0.3) is 0 Å². The smallest absolute Gasteiger partial charge is 0.492 e. The fraction of sp³-hybridized carbons (Fsp3) is 0.708. The van der Waals surface area contributed by atoms with Crippen LogP contribution in [0.25, 0.3) is 0 Å². The summed E-state index contributed by atoms with van der Waals surface area (Å²) in [4.78, 5) is 16.5. The van der Waals surface area contributed by atoms with Gasteiger partial charge in [-0.15, -0.1) is 0 Å². The molecule has 0 aromatic heterocycles. The number of hydrogen-bond donors (Lipinski definition) is 0. The molecule has 2 heterocycles. The van der Waals surface area contributed by atoms with Crippen LogP contribution in [0.15, 0.2) is 24.3 Å². The Bertz CT molecular complexity index is 792. The van der Waals surface area contributed by atoms with Gasteiger partial charge in [0, 0.05) is 32.2 Å². The molecule has 1 atom stereocenters. The highest BCUT2D eigenvalue weighted by molar-refractivity contribution is 6.62. The van der Waals surface area contributed by atoms with E-state index >= 15 is 0 Å². The molecular weight excluding hydrogens is 407 g/mol. The SMILES string of the molecule is CC1CN(C(=O)OC(C)(C)C)CCN1CCOc1cccc(B2OC(C)(C)C(C)(C)O2)c1. The molecule has 1 aromatic rings. The Balaban J connectivity index is 1.48. The lowest BCUT2D eigenvalue weighted by Crippen LogP contribution is -2.55. The Kier molecular flexibility index (Phi) is 7.18. The van der Waals surface area contributed by atoms with Crippen LogP contribution in [0.3, 0.4) is 0 Å². The van der Waals surface area contributed by atoms with E-state index in [1.807, 2.05) is 45.0 Å². The first-order valence-corrected chi connectivity index (χ1v) is 11.6. The van der Waals surface area contributed by atoms with Crippen LogP contribution < -0.4 is 10.2 Å². The van der Waals surface area contributed by atoms with Crippen LogP contribution in [0, 0.1) is 0 Å². The quantitative estimate of drug-likeness (QED) is 0.647. The summed E-state index contributed by atoms with van der Waals surface area (Å²) in [6, 6.07) is 8.17. The van der Waals surface area contributed by atoms with Crippen molar-refractivity contribution in [3.8, 4) is 5.75 Å². The van der Waals surface area contributed by atoms with Gasteiger partial charge in [0.15, 0.2) is 0 Å². The summed E-state index contributed by atoms with van der Waals surface area (Å²) >= 11 is 0. The van der Waals surface area contributed by atoms with E-state index in [1.54, 1.807) is 4.90 Å². The lowest BCUT2D eigenvalue weighted by atomic mass is 9.79. The summed E-state index contributed by atoms with van der Waals surface area (Å²) in [5.41, 5.74) is -0.251. The minimum absolute atomic E-state index is 0.236. The van der Waals surface area contributed by atoms with E-state index in [0.717, 1.165) is 24.3 Å². The number of carbonyl (C=O) groups is 1. The van der Waals surface area contributed by atoms with E-state index in [9.17, 15) is 4.79 Å². The summed E-state index contributed by atoms with van der Waals surface area (Å²) in [5, 5.41) is 0. The van der Waals surface area contributed by atoms with Crippen LogP contribution in [-0.2, 0) is 14.0 Å². The Morgan fingerprint density at radius 3 is 2.41 bits per heavy atom. The predicted molar refractivity (Wildman–Crippen MR) is 126 cm³/mol. The molecule has 0 radical (unpaired) electrons. The monoisotopic (exact) mass is 446 g/mol. The zero-order valence-corrected chi connectivity index (χ0v) is 20.9. The van der Waals surface area contributed by atoms with Gasteiger partial charge in [0.1, 0.15) is 18.0 Å². The summed E-state index contributed by atoms with van der Waals surface area (Å²) in [6.45, 7) is 19.5. The Morgan fingerprint density at radius 2 is 1.81 bits per heavy atom. The fourth-order valence-corrected chi connectivity index (χ4v) is 3.83. The normalized spacial score (nSPS) is 23.3. The van der Waals surface area contributed by atoms with Crippen molar-refractivity contribution in [1.29, 1.82) is 0 Å². The van der Waals surface area contributed by atoms with Crippen molar-refractivity contribution in [2.24, 2.45) is 0 Å². The van der Waals surface area contributed by atoms with E-state index < -0.39 is 12.7 Å². The molecule has 0 N–H and O–H groups in total. The average molecular weight is 446 g/mol. The minimum atomic E-state index is -0.472. The van der Waals surface area contributed by atoms with Gasteiger partial charge in [-0.2, -0.15) is 0 Å². The topological polar surface area (TPSA) is 60.5 Å². The largest absolute Gasteiger partial charge is 0.494 e. The zero-order chi connectivity index (χ0) is 23.7. The average Bonchev–Trinajstić information content (AvgIpc) is 2.89. The third kappa shape index (κ3) is 5.97. The van der Waals surface area contributed by atoms with Gasteiger partial charge in [0.05, 0.1) is 11.2 Å². The van der Waals surface area contributed by atoms with E-state index in [4.69, 9.17) is 18.8 Å². The molecule has 1 amide bonds. The highest BCUT2D eigenvalue weighted by Gasteiger charge is 2.51. The molecule has 0 saturated carbocycles. The van der Waals surface area contributed by atoms with E-state index in [2.05, 4.69) is 39.5 Å². The van der Waals surface area contributed by atoms with E-state index in [0.29, 0.717) is 19.7 Å². The van der Waals surface area contributed by atoms with Crippen LogP contribution in [0.1, 0.15) is 55.4 Å². The molecule has 2 aliphatic rings. The minimum Gasteiger partial charge on any atom is -0.492 e. The molecule has 178 valence electrons. The Labute approximate surface area is 193 Å². The van der Waals surface area contributed by atoms with Gasteiger partial charge >= 0.3 is 13.2 Å². The van der Waals surface area contributed by atoms with Crippen molar-refractivity contribution in [3.63, 3.8) is 0 Å². The van der Waals surface area contributed by atoms with Crippen LogP contribution in [0.4, 0.5) is 4.79 Å². The van der Waals surface area contributed by atoms with Crippen molar-refractivity contribution < 1.29 is 23.6 Å². The zero-order valence-electron chi connectivity index (χ0n) is 20.9. The van der Waals surface area contributed by atoms with Crippen molar-refractivity contribution in [2.75, 3.05) is 32.8 Å². The molecule has 2 fully saturated rings. The van der Waals surface area contributed by atoms with Gasteiger partial charge in [0.2, 0.25) is 0 Å². The molecule has 0 bridgehead atoms. The summed E-state index contributed by atoms with van der Waals surface area (Å²) in [6.07, 6.45) is -0.236. The molecule has 2 saturated heterocycles. The summed E-state index contributed by atoms with van der Waals surface area (Å²) in [7, 11) is -0.399. The molecule has 3 rings (SSSR count). The third-order valence-electron chi connectivity index (χ3n) is 6.45. The van der Waals surface area contributed by atoms with Gasteiger partial charge in [-0.3, -0.25) is 4.90 Å². The number of amides is 1. The van der Waals surface area contributed by atoms with Crippen molar-refractivity contribution in [2.45, 2.75) is 78.2 Å². The van der Waals surface area contributed by atoms with Gasteiger partial charge < -0.3 is 23.7 Å². The van der Waals surface area contributed by atoms with Crippen LogP contribution in [-0.4, -0.2) is 78.6 Å². The molecule has 0 aliphatic carbocycles. The summed E-state index contributed by atoms with van der Waals surface area (Å²) in [5.74, 6) is 0.803. The van der Waals surface area contributed by atoms with Gasteiger partial charge in [-0.05, 0) is 73.0 Å². The lowest BCUT2D eigenvalue weighted by molar-refractivity contribution is 0.00430. The Morgan fingerprint density at radius 1 is 1.16 bits per heavy atom. The molecule has 0 spiro atoms. The molecule has 1 aromatic carbocycles. The maximum Gasteiger partial charge on any atom is 0.494 e. The predicted octanol–water partition coefficient (Wildman–Crippen LogP) is 3.31. The fourth-order valence-electron chi connectivity index (χ4n) is 3.83. The number of carbonyl (C=O) groups excluding carboxylic acids is 1. The second-order valence-corrected chi connectivity index (χ2v) is 10.8. The molecule has 8 heteroatoms. The van der Waals surface area contributed by atoms with Gasteiger partial charge in [-0.25, -0.2) is 4.79 Å². The van der Waals surface area contributed by atoms with Crippen molar-refractivity contribution in [1.82, 2.24) is 9.80 Å². The standard InChI is InChI=1S/C24H39BN2O5/c1-18-17-27(21(28)30-22(2,3)4)13-12-26(18)14-15-29-20-11-9-10-19(16-20)25-31-23(5,6)24(7,8)32-25/h9-11,16,18H,12-15,17H2,1-8H3. The molecule has 1 unspecified atom stereocenters. The second kappa shape index (κ2) is 9.24. The van der Waals surface area contributed by atoms with E-state index in [-0.39, 0.29) is 23.3 Å². The van der Waals surface area contributed by atoms with Crippen LogP contribution >= 0.6 is 0 Å². The molecule has 7 nitrogen and oxygen atoms in total. The number of hydrogen-bond acceptors (Lipinski definition) is 6. The van der Waals surface area contributed by atoms with Gasteiger partial charge in [-0.1, -0.05) is 12.1 Å². The van der Waals surface area contributed by atoms with E-state index in [1.165, 1.54) is 0 Å².